The number of esters is 1. The Morgan fingerprint density at radius 1 is 0.921 bits per heavy atom. The van der Waals surface area contributed by atoms with Crippen LogP contribution >= 0.6 is 11.6 Å². The number of nitrogens with zero attached hydrogens (tertiary/aromatic N) is 1. The van der Waals surface area contributed by atoms with Gasteiger partial charge in [0.25, 0.3) is 11.8 Å². The van der Waals surface area contributed by atoms with Crippen molar-refractivity contribution in [3.8, 4) is 0 Å². The van der Waals surface area contributed by atoms with E-state index in [9.17, 15) is 19.2 Å². The van der Waals surface area contributed by atoms with Crippen molar-refractivity contribution in [3.63, 3.8) is 0 Å². The molecule has 0 atom stereocenters. The number of amides is 3. The molecule has 0 bridgehead atoms. The Morgan fingerprint density at radius 2 is 1.58 bits per heavy atom. The topological polar surface area (TPSA) is 105 Å². The van der Waals surface area contributed by atoms with Crippen molar-refractivity contribution >= 4 is 52.4 Å². The fraction of sp³-hybridized carbons (Fsp3) is 0.172. The summed E-state index contributed by atoms with van der Waals surface area (Å²) < 4.78 is 4.71. The van der Waals surface area contributed by atoms with Crippen LogP contribution in [0.25, 0.3) is 0 Å². The first-order chi connectivity index (χ1) is 18.1. The van der Waals surface area contributed by atoms with Crippen LogP contribution < -0.4 is 15.5 Å². The average Bonchev–Trinajstić information content (AvgIpc) is 3.09. The molecule has 38 heavy (non-hydrogen) atoms. The van der Waals surface area contributed by atoms with E-state index in [2.05, 4.69) is 10.6 Å². The molecular formula is C29H26ClN3O5. The average molecular weight is 532 g/mol. The third kappa shape index (κ3) is 5.45. The molecule has 3 aromatic rings. The van der Waals surface area contributed by atoms with Crippen molar-refractivity contribution in [1.29, 1.82) is 0 Å². The van der Waals surface area contributed by atoms with Gasteiger partial charge in [0.15, 0.2) is 0 Å². The Kier molecular flexibility index (Phi) is 7.64. The second-order valence-electron chi connectivity index (χ2n) is 9.00. The Bertz CT molecular complexity index is 1470. The number of ether oxygens (including phenoxy) is 1. The molecule has 0 saturated carbocycles. The van der Waals surface area contributed by atoms with Crippen molar-refractivity contribution in [2.45, 2.75) is 27.2 Å². The summed E-state index contributed by atoms with van der Waals surface area (Å²) >= 11 is 6.22. The van der Waals surface area contributed by atoms with Crippen LogP contribution in [-0.4, -0.2) is 30.8 Å². The lowest BCUT2D eigenvalue weighted by atomic mass is 10.0. The maximum absolute atomic E-state index is 13.1. The first kappa shape index (κ1) is 26.6. The van der Waals surface area contributed by atoms with Gasteiger partial charge in [-0.25, -0.2) is 9.69 Å². The number of aryl methyl sites for hydroxylation is 3. The van der Waals surface area contributed by atoms with Gasteiger partial charge in [0.1, 0.15) is 10.7 Å². The minimum Gasteiger partial charge on any atom is -0.465 e. The molecule has 4 rings (SSSR count). The van der Waals surface area contributed by atoms with Crippen molar-refractivity contribution in [1.82, 2.24) is 0 Å². The standard InChI is InChI=1S/C29H26ClN3O5/c1-16-12-17(2)25(18(3)13-16)32-23(34)14-19-8-10-21(11-9-19)31-26-24(30)27(35)33(28(26)36)22-7-5-6-20(15-22)29(37)38-4/h5-13,15,31H,14H2,1-4H3,(H,32,34). The Balaban J connectivity index is 1.44. The third-order valence-corrected chi connectivity index (χ3v) is 6.43. The smallest absolute Gasteiger partial charge is 0.337 e. The molecule has 0 spiro atoms. The van der Waals surface area contributed by atoms with Crippen LogP contribution in [0.15, 0.2) is 71.4 Å². The van der Waals surface area contributed by atoms with Crippen molar-refractivity contribution in [2.24, 2.45) is 0 Å². The van der Waals surface area contributed by atoms with E-state index in [-0.39, 0.29) is 34.3 Å². The van der Waals surface area contributed by atoms with Gasteiger partial charge in [0.05, 0.1) is 24.8 Å². The fourth-order valence-electron chi connectivity index (χ4n) is 4.33. The fourth-order valence-corrected chi connectivity index (χ4v) is 4.54. The van der Waals surface area contributed by atoms with E-state index >= 15 is 0 Å². The molecule has 3 amide bonds. The molecule has 1 aliphatic heterocycles. The summed E-state index contributed by atoms with van der Waals surface area (Å²) in [6, 6.07) is 16.9. The molecule has 3 aromatic carbocycles. The lowest BCUT2D eigenvalue weighted by Crippen LogP contribution is -2.32. The molecule has 8 nitrogen and oxygen atoms in total. The van der Waals surface area contributed by atoms with Crippen molar-refractivity contribution in [2.75, 3.05) is 22.6 Å². The number of carbonyl (C=O) groups is 4. The highest BCUT2D eigenvalue weighted by molar-refractivity contribution is 6.53. The minimum atomic E-state index is -0.712. The number of methoxy groups -OCH3 is 1. The largest absolute Gasteiger partial charge is 0.465 e. The van der Waals surface area contributed by atoms with Gasteiger partial charge in [-0.2, -0.15) is 0 Å². The van der Waals surface area contributed by atoms with Gasteiger partial charge in [0.2, 0.25) is 5.91 Å². The van der Waals surface area contributed by atoms with Crippen LogP contribution in [0.1, 0.15) is 32.6 Å². The van der Waals surface area contributed by atoms with Crippen LogP contribution in [0.3, 0.4) is 0 Å². The van der Waals surface area contributed by atoms with Gasteiger partial charge in [-0.15, -0.1) is 0 Å². The van der Waals surface area contributed by atoms with Gasteiger partial charge >= 0.3 is 5.97 Å². The van der Waals surface area contributed by atoms with Gasteiger partial charge in [-0.05, 0) is 67.8 Å². The number of halogens is 1. The van der Waals surface area contributed by atoms with Crippen LogP contribution in [0.2, 0.25) is 0 Å². The number of hydrogen-bond acceptors (Lipinski definition) is 6. The zero-order valence-electron chi connectivity index (χ0n) is 21.3. The highest BCUT2D eigenvalue weighted by Gasteiger charge is 2.39. The lowest BCUT2D eigenvalue weighted by molar-refractivity contribution is -0.120. The third-order valence-electron chi connectivity index (χ3n) is 6.08. The second-order valence-corrected chi connectivity index (χ2v) is 9.38. The summed E-state index contributed by atoms with van der Waals surface area (Å²) in [6.45, 7) is 5.93. The predicted octanol–water partition coefficient (Wildman–Crippen LogP) is 5.02. The van der Waals surface area contributed by atoms with E-state index in [0.717, 1.165) is 32.8 Å². The predicted molar refractivity (Wildman–Crippen MR) is 146 cm³/mol. The van der Waals surface area contributed by atoms with Crippen molar-refractivity contribution in [3.05, 3.63) is 99.2 Å². The van der Waals surface area contributed by atoms with E-state index in [1.54, 1.807) is 24.3 Å². The maximum atomic E-state index is 13.1. The van der Waals surface area contributed by atoms with E-state index in [1.165, 1.54) is 31.4 Å². The molecule has 194 valence electrons. The lowest BCUT2D eigenvalue weighted by Gasteiger charge is -2.16. The number of nitrogens with one attached hydrogen (secondary N) is 2. The summed E-state index contributed by atoms with van der Waals surface area (Å²) in [4.78, 5) is 51.2. The molecule has 9 heteroatoms. The van der Waals surface area contributed by atoms with Gasteiger partial charge in [0, 0.05) is 11.4 Å². The number of rotatable bonds is 7. The molecule has 1 aliphatic rings. The molecule has 0 radical (unpaired) electrons. The first-order valence-electron chi connectivity index (χ1n) is 11.8. The molecular weight excluding hydrogens is 506 g/mol. The van der Waals surface area contributed by atoms with E-state index in [4.69, 9.17) is 16.3 Å². The van der Waals surface area contributed by atoms with E-state index in [0.29, 0.717) is 5.69 Å². The number of hydrogen-bond donors (Lipinski definition) is 2. The zero-order chi connectivity index (χ0) is 27.6. The summed E-state index contributed by atoms with van der Waals surface area (Å²) in [5, 5.41) is 5.61. The quantitative estimate of drug-likeness (QED) is 0.328. The zero-order valence-corrected chi connectivity index (χ0v) is 22.1. The number of benzene rings is 3. The maximum Gasteiger partial charge on any atom is 0.337 e. The second kappa shape index (κ2) is 10.9. The van der Waals surface area contributed by atoms with Crippen LogP contribution in [0, 0.1) is 20.8 Å². The molecule has 1 heterocycles. The first-order valence-corrected chi connectivity index (χ1v) is 12.2. The van der Waals surface area contributed by atoms with Gasteiger partial charge in [-0.3, -0.25) is 14.4 Å². The molecule has 0 saturated heterocycles. The molecule has 0 unspecified atom stereocenters. The Morgan fingerprint density at radius 3 is 2.21 bits per heavy atom. The number of anilines is 3. The summed E-state index contributed by atoms with van der Waals surface area (Å²) in [5.74, 6) is -2.11. The molecule has 0 aliphatic carbocycles. The van der Waals surface area contributed by atoms with Crippen LogP contribution in [-0.2, 0) is 25.5 Å². The van der Waals surface area contributed by atoms with Gasteiger partial charge in [-0.1, -0.05) is 47.5 Å². The molecule has 0 aromatic heterocycles. The monoisotopic (exact) mass is 531 g/mol. The van der Waals surface area contributed by atoms with Crippen LogP contribution in [0.5, 0.6) is 0 Å². The molecule has 0 fully saturated rings. The summed E-state index contributed by atoms with van der Waals surface area (Å²) in [5.41, 5.74) is 5.53. The highest BCUT2D eigenvalue weighted by atomic mass is 35.5. The summed E-state index contributed by atoms with van der Waals surface area (Å²) in [6.07, 6.45) is 0.165. The van der Waals surface area contributed by atoms with E-state index < -0.39 is 17.8 Å². The SMILES string of the molecule is COC(=O)c1cccc(N2C(=O)C(Cl)=C(Nc3ccc(CC(=O)Nc4c(C)cc(C)cc4C)cc3)C2=O)c1. The molecule has 2 N–H and O–H groups in total. The van der Waals surface area contributed by atoms with Crippen LogP contribution in [0.4, 0.5) is 17.1 Å². The van der Waals surface area contributed by atoms with E-state index in [1.807, 2.05) is 32.9 Å². The Hall–Kier alpha value is -4.43. The van der Waals surface area contributed by atoms with Gasteiger partial charge < -0.3 is 15.4 Å². The van der Waals surface area contributed by atoms with Crippen molar-refractivity contribution < 1.29 is 23.9 Å². The Labute approximate surface area is 225 Å². The highest BCUT2D eigenvalue weighted by Crippen LogP contribution is 2.31. The normalized spacial score (nSPS) is 13.1. The number of imide groups is 1. The number of carbonyl (C=O) groups excluding carboxylic acids is 4. The minimum absolute atomic E-state index is 0.0871. The summed E-state index contributed by atoms with van der Waals surface area (Å²) in [7, 11) is 1.24.